The highest BCUT2D eigenvalue weighted by Gasteiger charge is 2.33. The Balaban J connectivity index is 1.82. The van der Waals surface area contributed by atoms with E-state index in [0.717, 1.165) is 0 Å². The molecule has 0 saturated carbocycles. The molecule has 0 saturated heterocycles. The van der Waals surface area contributed by atoms with Crippen LogP contribution >= 0.6 is 34.8 Å². The Kier molecular flexibility index (Phi) is 4.82. The van der Waals surface area contributed by atoms with Gasteiger partial charge in [-0.3, -0.25) is 14.4 Å². The summed E-state index contributed by atoms with van der Waals surface area (Å²) in [5, 5.41) is 3.08. The molecule has 0 unspecified atom stereocenters. The van der Waals surface area contributed by atoms with Gasteiger partial charge < -0.3 is 11.1 Å². The Morgan fingerprint density at radius 1 is 0.793 bits per heavy atom. The summed E-state index contributed by atoms with van der Waals surface area (Å²) >= 11 is 18.0. The van der Waals surface area contributed by atoms with Crippen LogP contribution in [0, 0.1) is 0 Å². The molecule has 0 bridgehead atoms. The Morgan fingerprint density at radius 2 is 1.38 bits per heavy atom. The summed E-state index contributed by atoms with van der Waals surface area (Å²) in [5.74, 6) is -1.39. The van der Waals surface area contributed by atoms with Crippen molar-refractivity contribution in [2.75, 3.05) is 11.1 Å². The highest BCUT2D eigenvalue weighted by molar-refractivity contribution is 6.44. The van der Waals surface area contributed by atoms with E-state index in [1.807, 2.05) is 0 Å². The number of anilines is 2. The van der Waals surface area contributed by atoms with Crippen molar-refractivity contribution in [3.05, 3.63) is 91.4 Å². The van der Waals surface area contributed by atoms with Crippen molar-refractivity contribution >= 4 is 63.7 Å². The van der Waals surface area contributed by atoms with E-state index in [0.29, 0.717) is 0 Å². The zero-order chi connectivity index (χ0) is 20.9. The molecule has 0 spiro atoms. The first-order valence-corrected chi connectivity index (χ1v) is 9.49. The van der Waals surface area contributed by atoms with Crippen LogP contribution in [0.1, 0.15) is 42.2 Å². The average Bonchev–Trinajstić information content (AvgIpc) is 2.70. The Bertz CT molecular complexity index is 1240. The number of carbonyl (C=O) groups excluding carboxylic acids is 3. The fourth-order valence-corrected chi connectivity index (χ4v) is 3.87. The van der Waals surface area contributed by atoms with Gasteiger partial charge in [0, 0.05) is 16.8 Å². The van der Waals surface area contributed by atoms with Crippen molar-refractivity contribution in [1.29, 1.82) is 0 Å². The second kappa shape index (κ2) is 7.19. The van der Waals surface area contributed by atoms with Gasteiger partial charge in [-0.05, 0) is 24.3 Å². The van der Waals surface area contributed by atoms with E-state index in [9.17, 15) is 14.4 Å². The van der Waals surface area contributed by atoms with Crippen LogP contribution in [0.2, 0.25) is 15.1 Å². The second-order valence-electron chi connectivity index (χ2n) is 6.36. The van der Waals surface area contributed by atoms with Gasteiger partial charge in [0.05, 0.1) is 37.4 Å². The standard InChI is InChI=1S/C21H11Cl3N2O3/c22-12-8-14(24)13(23)7-11(12)21(29)26-16-6-5-15(25)17-18(16)20(28)10-4-2-1-3-9(10)19(17)27/h1-8H,25H2,(H,26,29). The minimum atomic E-state index is -0.611. The zero-order valence-electron chi connectivity index (χ0n) is 14.6. The highest BCUT2D eigenvalue weighted by atomic mass is 35.5. The Labute approximate surface area is 180 Å². The lowest BCUT2D eigenvalue weighted by atomic mass is 9.82. The van der Waals surface area contributed by atoms with Crippen LogP contribution in [0.15, 0.2) is 48.5 Å². The molecule has 0 aliphatic heterocycles. The molecule has 29 heavy (non-hydrogen) atoms. The van der Waals surface area contributed by atoms with Crippen LogP contribution in [0.25, 0.3) is 0 Å². The number of benzene rings is 3. The Morgan fingerprint density at radius 3 is 2.03 bits per heavy atom. The zero-order valence-corrected chi connectivity index (χ0v) is 16.8. The summed E-state index contributed by atoms with van der Waals surface area (Å²) in [6, 6.07) is 12.1. The first kappa shape index (κ1) is 19.5. The molecule has 3 N–H and O–H groups in total. The molecule has 1 aliphatic rings. The molecule has 1 amide bonds. The smallest absolute Gasteiger partial charge is 0.257 e. The minimum absolute atomic E-state index is 0.0400. The van der Waals surface area contributed by atoms with Crippen LogP contribution in [-0.2, 0) is 0 Å². The molecule has 3 aromatic rings. The van der Waals surface area contributed by atoms with E-state index in [1.165, 1.54) is 24.3 Å². The third kappa shape index (κ3) is 3.17. The number of ketones is 2. The van der Waals surface area contributed by atoms with E-state index in [2.05, 4.69) is 5.32 Å². The van der Waals surface area contributed by atoms with Gasteiger partial charge >= 0.3 is 0 Å². The summed E-state index contributed by atoms with van der Waals surface area (Å²) < 4.78 is 0. The summed E-state index contributed by atoms with van der Waals surface area (Å²) in [5.41, 5.74) is 6.97. The van der Waals surface area contributed by atoms with Gasteiger partial charge in [-0.15, -0.1) is 0 Å². The topological polar surface area (TPSA) is 89.3 Å². The summed E-state index contributed by atoms with van der Waals surface area (Å²) in [6.07, 6.45) is 0. The fraction of sp³-hybridized carbons (Fsp3) is 0. The quantitative estimate of drug-likeness (QED) is 0.325. The molecular formula is C21H11Cl3N2O3. The Hall–Kier alpha value is -2.86. The molecule has 0 heterocycles. The lowest BCUT2D eigenvalue weighted by Crippen LogP contribution is -2.25. The van der Waals surface area contributed by atoms with Crippen LogP contribution < -0.4 is 11.1 Å². The first-order chi connectivity index (χ1) is 13.8. The van der Waals surface area contributed by atoms with Gasteiger partial charge in [-0.25, -0.2) is 0 Å². The number of nitrogen functional groups attached to an aromatic ring is 1. The van der Waals surface area contributed by atoms with Gasteiger partial charge in [0.25, 0.3) is 5.91 Å². The van der Waals surface area contributed by atoms with Crippen molar-refractivity contribution < 1.29 is 14.4 Å². The van der Waals surface area contributed by atoms with Crippen LogP contribution in [0.4, 0.5) is 11.4 Å². The molecule has 0 aromatic heterocycles. The van der Waals surface area contributed by atoms with Gasteiger partial charge in [-0.1, -0.05) is 59.1 Å². The average molecular weight is 446 g/mol. The van der Waals surface area contributed by atoms with Gasteiger partial charge in [-0.2, -0.15) is 0 Å². The number of nitrogens with two attached hydrogens (primary N) is 1. The number of fused-ring (bicyclic) bond motifs is 2. The van der Waals surface area contributed by atoms with Crippen molar-refractivity contribution in [3.63, 3.8) is 0 Å². The lowest BCUT2D eigenvalue weighted by molar-refractivity contribution is 0.0979. The molecule has 3 aromatic carbocycles. The number of halogens is 3. The predicted octanol–water partition coefficient (Wildman–Crippen LogP) is 5.26. The van der Waals surface area contributed by atoms with Crippen molar-refractivity contribution in [2.45, 2.75) is 0 Å². The monoisotopic (exact) mass is 444 g/mol. The SMILES string of the molecule is Nc1ccc(NC(=O)c2cc(Cl)c(Cl)cc2Cl)c2c1C(=O)c1ccccc1C2=O. The third-order valence-corrected chi connectivity index (χ3v) is 5.65. The van der Waals surface area contributed by atoms with Crippen LogP contribution in [0.3, 0.4) is 0 Å². The number of amides is 1. The maximum absolute atomic E-state index is 13.1. The molecule has 0 radical (unpaired) electrons. The van der Waals surface area contributed by atoms with Crippen molar-refractivity contribution in [3.8, 4) is 0 Å². The van der Waals surface area contributed by atoms with E-state index in [4.69, 9.17) is 40.5 Å². The van der Waals surface area contributed by atoms with Crippen molar-refractivity contribution in [1.82, 2.24) is 0 Å². The van der Waals surface area contributed by atoms with Crippen LogP contribution in [-0.4, -0.2) is 17.5 Å². The van der Waals surface area contributed by atoms with Gasteiger partial charge in [0.15, 0.2) is 11.6 Å². The normalized spacial score (nSPS) is 12.4. The molecule has 144 valence electrons. The summed E-state index contributed by atoms with van der Waals surface area (Å²) in [6.45, 7) is 0. The van der Waals surface area contributed by atoms with E-state index in [-0.39, 0.29) is 60.0 Å². The molecular weight excluding hydrogens is 435 g/mol. The van der Waals surface area contributed by atoms with Crippen molar-refractivity contribution in [2.24, 2.45) is 0 Å². The maximum Gasteiger partial charge on any atom is 0.257 e. The number of hydrogen-bond donors (Lipinski definition) is 2. The van der Waals surface area contributed by atoms with Gasteiger partial charge in [0.2, 0.25) is 0 Å². The maximum atomic E-state index is 13.1. The number of hydrogen-bond acceptors (Lipinski definition) is 4. The van der Waals surface area contributed by atoms with E-state index in [1.54, 1.807) is 24.3 Å². The summed E-state index contributed by atoms with van der Waals surface area (Å²) in [7, 11) is 0. The largest absolute Gasteiger partial charge is 0.398 e. The molecule has 5 nitrogen and oxygen atoms in total. The molecule has 8 heteroatoms. The third-order valence-electron chi connectivity index (χ3n) is 4.61. The number of rotatable bonds is 2. The number of carbonyl (C=O) groups is 3. The molecule has 4 rings (SSSR count). The predicted molar refractivity (Wildman–Crippen MR) is 114 cm³/mol. The minimum Gasteiger partial charge on any atom is -0.398 e. The highest BCUT2D eigenvalue weighted by Crippen LogP contribution is 2.36. The van der Waals surface area contributed by atoms with Crippen LogP contribution in [0.5, 0.6) is 0 Å². The molecule has 0 atom stereocenters. The summed E-state index contributed by atoms with van der Waals surface area (Å²) in [4.78, 5) is 38.8. The second-order valence-corrected chi connectivity index (χ2v) is 7.58. The molecule has 0 fully saturated rings. The molecule has 1 aliphatic carbocycles. The van der Waals surface area contributed by atoms with E-state index < -0.39 is 11.7 Å². The van der Waals surface area contributed by atoms with E-state index >= 15 is 0 Å². The number of nitrogens with one attached hydrogen (secondary N) is 1. The van der Waals surface area contributed by atoms with Gasteiger partial charge in [0.1, 0.15) is 0 Å². The fourth-order valence-electron chi connectivity index (χ4n) is 3.24. The first-order valence-electron chi connectivity index (χ1n) is 8.36. The lowest BCUT2D eigenvalue weighted by Gasteiger charge is -2.22.